The van der Waals surface area contributed by atoms with Crippen molar-refractivity contribution in [1.29, 1.82) is 0 Å². The lowest BCUT2D eigenvalue weighted by Gasteiger charge is -2.32. The van der Waals surface area contributed by atoms with Crippen LogP contribution in [0, 0.1) is 0 Å². The molecule has 0 bridgehead atoms. The van der Waals surface area contributed by atoms with Crippen molar-refractivity contribution in [3.63, 3.8) is 0 Å². The van der Waals surface area contributed by atoms with E-state index < -0.39 is 0 Å². The summed E-state index contributed by atoms with van der Waals surface area (Å²) in [6.07, 6.45) is 1.80. The molecule has 3 aromatic rings. The van der Waals surface area contributed by atoms with E-state index in [0.29, 0.717) is 26.8 Å². The van der Waals surface area contributed by atoms with Gasteiger partial charge in [-0.3, -0.25) is 9.69 Å². The van der Waals surface area contributed by atoms with Gasteiger partial charge in [-0.2, -0.15) is 0 Å². The van der Waals surface area contributed by atoms with Gasteiger partial charge in [0.05, 0.1) is 15.8 Å². The molecule has 2 aromatic carbocycles. The molecular formula is C22H23Cl2N5O2S. The van der Waals surface area contributed by atoms with E-state index in [0.717, 1.165) is 43.6 Å². The summed E-state index contributed by atoms with van der Waals surface area (Å²) in [6, 6.07) is 13.1. The van der Waals surface area contributed by atoms with Crippen LogP contribution in [0.3, 0.4) is 0 Å². The molecule has 3 N–H and O–H groups in total. The Morgan fingerprint density at radius 1 is 1.16 bits per heavy atom. The van der Waals surface area contributed by atoms with Crippen LogP contribution in [0.5, 0.6) is 0 Å². The Hall–Kier alpha value is -2.26. The number of nitrogens with two attached hydrogens (primary N) is 1. The topological polar surface area (TPSA) is 97.3 Å². The Balaban J connectivity index is 1.20. The number of benzene rings is 2. The summed E-state index contributed by atoms with van der Waals surface area (Å²) in [6.45, 7) is 2.64. The molecule has 7 nitrogen and oxygen atoms in total. The fourth-order valence-corrected chi connectivity index (χ4v) is 4.48. The van der Waals surface area contributed by atoms with Crippen LogP contribution in [0.2, 0.25) is 10.0 Å². The zero-order valence-corrected chi connectivity index (χ0v) is 19.6. The molecule has 1 fully saturated rings. The predicted molar refractivity (Wildman–Crippen MR) is 128 cm³/mol. The molecular weight excluding hydrogens is 469 g/mol. The number of hydrogen-bond donors (Lipinski definition) is 2. The van der Waals surface area contributed by atoms with Crippen molar-refractivity contribution in [2.45, 2.75) is 30.7 Å². The molecule has 0 aliphatic carbocycles. The van der Waals surface area contributed by atoms with Crippen molar-refractivity contribution in [2.24, 2.45) is 0 Å². The number of amides is 1. The molecule has 0 unspecified atom stereocenters. The van der Waals surface area contributed by atoms with Crippen LogP contribution < -0.4 is 11.1 Å². The van der Waals surface area contributed by atoms with Crippen molar-refractivity contribution in [3.05, 3.63) is 58.1 Å². The van der Waals surface area contributed by atoms with Crippen LogP contribution in [0.1, 0.15) is 18.4 Å². The smallest absolute Gasteiger partial charge is 0.277 e. The third-order valence-electron chi connectivity index (χ3n) is 5.21. The highest BCUT2D eigenvalue weighted by atomic mass is 35.5. The molecule has 0 radical (unpaired) electrons. The second-order valence-electron chi connectivity index (χ2n) is 7.65. The minimum atomic E-state index is -0.0401. The van der Waals surface area contributed by atoms with Gasteiger partial charge in [-0.15, -0.1) is 10.2 Å². The van der Waals surface area contributed by atoms with Crippen molar-refractivity contribution in [2.75, 3.05) is 24.6 Å². The number of hydrogen-bond acceptors (Lipinski definition) is 7. The van der Waals surface area contributed by atoms with E-state index in [4.69, 9.17) is 33.4 Å². The first-order chi connectivity index (χ1) is 15.5. The monoisotopic (exact) mass is 491 g/mol. The first kappa shape index (κ1) is 22.9. The Bertz CT molecular complexity index is 1090. The summed E-state index contributed by atoms with van der Waals surface area (Å²) in [5, 5.41) is 12.6. The number of likely N-dealkylation sites (tertiary alicyclic amines) is 1. The van der Waals surface area contributed by atoms with Crippen molar-refractivity contribution >= 4 is 46.6 Å². The summed E-state index contributed by atoms with van der Waals surface area (Å²) in [5.41, 5.74) is 8.30. The third-order valence-corrected chi connectivity index (χ3v) is 6.77. The summed E-state index contributed by atoms with van der Waals surface area (Å²) >= 11 is 13.3. The lowest BCUT2D eigenvalue weighted by Crippen LogP contribution is -2.44. The van der Waals surface area contributed by atoms with Crippen LogP contribution >= 0.6 is 35.0 Å². The predicted octanol–water partition coefficient (Wildman–Crippen LogP) is 4.50. The zero-order valence-electron chi connectivity index (χ0n) is 17.3. The first-order valence-corrected chi connectivity index (χ1v) is 12.0. The number of carbonyl (C=O) groups excluding carboxylic acids is 1. The maximum Gasteiger partial charge on any atom is 0.277 e. The summed E-state index contributed by atoms with van der Waals surface area (Å²) in [5.74, 6) is 0.568. The van der Waals surface area contributed by atoms with Gasteiger partial charge >= 0.3 is 0 Å². The molecule has 4 rings (SSSR count). The molecule has 32 heavy (non-hydrogen) atoms. The number of anilines is 1. The molecule has 0 spiro atoms. The molecule has 10 heteroatoms. The van der Waals surface area contributed by atoms with E-state index in [1.165, 1.54) is 11.8 Å². The Morgan fingerprint density at radius 2 is 1.97 bits per heavy atom. The zero-order chi connectivity index (χ0) is 22.5. The van der Waals surface area contributed by atoms with E-state index in [1.54, 1.807) is 12.1 Å². The highest BCUT2D eigenvalue weighted by Gasteiger charge is 2.21. The summed E-state index contributed by atoms with van der Waals surface area (Å²) < 4.78 is 5.63. The molecule has 2 heterocycles. The van der Waals surface area contributed by atoms with Gasteiger partial charge in [0.2, 0.25) is 11.8 Å². The number of aromatic nitrogens is 2. The molecule has 1 aromatic heterocycles. The van der Waals surface area contributed by atoms with Crippen LogP contribution in [0.4, 0.5) is 5.69 Å². The molecule has 168 valence electrons. The summed E-state index contributed by atoms with van der Waals surface area (Å²) in [7, 11) is 0. The standard InChI is InChI=1S/C22H23Cl2N5O2S/c23-18-5-4-14(10-19(18)24)12-29-8-6-17(7-9-29)26-20(30)13-32-22-28-27-21(31-22)15-2-1-3-16(25)11-15/h1-5,10-11,17H,6-9,12-13,25H2,(H,26,30). The number of nitrogens with one attached hydrogen (secondary N) is 1. The van der Waals surface area contributed by atoms with Crippen LogP contribution in [-0.4, -0.2) is 45.9 Å². The first-order valence-electron chi connectivity index (χ1n) is 10.2. The van der Waals surface area contributed by atoms with Gasteiger partial charge in [0.25, 0.3) is 5.22 Å². The van der Waals surface area contributed by atoms with E-state index in [9.17, 15) is 4.79 Å². The molecule has 1 aliphatic heterocycles. The fraction of sp³-hybridized carbons (Fsp3) is 0.318. The van der Waals surface area contributed by atoms with Gasteiger partial charge in [-0.05, 0) is 48.7 Å². The molecule has 1 amide bonds. The quantitative estimate of drug-likeness (QED) is 0.370. The van der Waals surface area contributed by atoms with Gasteiger partial charge in [0.15, 0.2) is 0 Å². The SMILES string of the molecule is Nc1cccc(-c2nnc(SCC(=O)NC3CCN(Cc4ccc(Cl)c(Cl)c4)CC3)o2)c1. The van der Waals surface area contributed by atoms with Gasteiger partial charge in [-0.1, -0.05) is 47.1 Å². The van der Waals surface area contributed by atoms with E-state index in [1.807, 2.05) is 30.3 Å². The number of rotatable bonds is 7. The summed E-state index contributed by atoms with van der Waals surface area (Å²) in [4.78, 5) is 14.7. The maximum atomic E-state index is 12.4. The maximum absolute atomic E-state index is 12.4. The van der Waals surface area contributed by atoms with Crippen molar-refractivity contribution < 1.29 is 9.21 Å². The number of nitrogens with zero attached hydrogens (tertiary/aromatic N) is 3. The lowest BCUT2D eigenvalue weighted by molar-refractivity contribution is -0.119. The minimum absolute atomic E-state index is 0.0401. The number of piperidine rings is 1. The lowest BCUT2D eigenvalue weighted by atomic mass is 10.0. The Morgan fingerprint density at radius 3 is 2.72 bits per heavy atom. The molecule has 1 saturated heterocycles. The average molecular weight is 492 g/mol. The normalized spacial score (nSPS) is 15.1. The van der Waals surface area contributed by atoms with Gasteiger partial charge < -0.3 is 15.5 Å². The molecule has 1 aliphatic rings. The Labute approximate surface area is 200 Å². The van der Waals surface area contributed by atoms with Crippen LogP contribution in [0.15, 0.2) is 52.1 Å². The van der Waals surface area contributed by atoms with E-state index in [2.05, 4.69) is 20.4 Å². The number of nitrogen functional groups attached to an aromatic ring is 1. The second kappa shape index (κ2) is 10.6. The van der Waals surface area contributed by atoms with Gasteiger partial charge in [0.1, 0.15) is 0 Å². The van der Waals surface area contributed by atoms with E-state index >= 15 is 0 Å². The van der Waals surface area contributed by atoms with E-state index in [-0.39, 0.29) is 17.7 Å². The highest BCUT2D eigenvalue weighted by Crippen LogP contribution is 2.25. The van der Waals surface area contributed by atoms with Crippen LogP contribution in [0.25, 0.3) is 11.5 Å². The fourth-order valence-electron chi connectivity index (χ4n) is 3.58. The van der Waals surface area contributed by atoms with Gasteiger partial charge in [0, 0.05) is 36.9 Å². The second-order valence-corrected chi connectivity index (χ2v) is 9.39. The number of carbonyl (C=O) groups is 1. The average Bonchev–Trinajstić information content (AvgIpc) is 3.26. The molecule has 0 atom stereocenters. The molecule has 0 saturated carbocycles. The highest BCUT2D eigenvalue weighted by molar-refractivity contribution is 7.99. The number of halogens is 2. The van der Waals surface area contributed by atoms with Crippen molar-refractivity contribution in [3.8, 4) is 11.5 Å². The third kappa shape index (κ3) is 6.16. The van der Waals surface area contributed by atoms with Crippen molar-refractivity contribution in [1.82, 2.24) is 20.4 Å². The number of thioether (sulfide) groups is 1. The Kier molecular flexibility index (Phi) is 7.57. The van der Waals surface area contributed by atoms with Crippen LogP contribution in [-0.2, 0) is 11.3 Å². The minimum Gasteiger partial charge on any atom is -0.411 e. The van der Waals surface area contributed by atoms with Gasteiger partial charge in [-0.25, -0.2) is 0 Å². The largest absolute Gasteiger partial charge is 0.411 e.